The lowest BCUT2D eigenvalue weighted by Gasteiger charge is -2.23. The van der Waals surface area contributed by atoms with Crippen molar-refractivity contribution < 1.29 is 19.0 Å². The number of carbonyl (C=O) groups is 1. The molecule has 0 radical (unpaired) electrons. The van der Waals surface area contributed by atoms with Crippen molar-refractivity contribution in [2.75, 3.05) is 26.9 Å². The fourth-order valence-electron chi connectivity index (χ4n) is 3.25. The van der Waals surface area contributed by atoms with Gasteiger partial charge in [-0.1, -0.05) is 19.1 Å². The summed E-state index contributed by atoms with van der Waals surface area (Å²) in [7, 11) is 1.62. The molecule has 3 rings (SSSR count). The first-order valence-corrected chi connectivity index (χ1v) is 11.0. The van der Waals surface area contributed by atoms with Crippen molar-refractivity contribution in [1.29, 1.82) is 0 Å². The molecule has 0 N–H and O–H groups in total. The molecule has 1 unspecified atom stereocenters. The maximum Gasteiger partial charge on any atom is 0.246 e. The van der Waals surface area contributed by atoms with Gasteiger partial charge < -0.3 is 19.1 Å². The van der Waals surface area contributed by atoms with Gasteiger partial charge in [0.05, 0.1) is 26.4 Å². The SMILES string of the molecule is CCCOc1ccc(/C=C/C(=O)N(Cc2cccs2)CC2CCCO2)cc1OC. The monoisotopic (exact) mass is 415 g/mol. The predicted molar refractivity (Wildman–Crippen MR) is 117 cm³/mol. The third-order valence-corrected chi connectivity index (χ3v) is 5.62. The molecule has 1 aromatic heterocycles. The molecule has 29 heavy (non-hydrogen) atoms. The van der Waals surface area contributed by atoms with E-state index in [1.807, 2.05) is 40.6 Å². The fraction of sp³-hybridized carbons (Fsp3) is 0.435. The lowest BCUT2D eigenvalue weighted by molar-refractivity contribution is -0.128. The van der Waals surface area contributed by atoms with Crippen LogP contribution in [0.4, 0.5) is 0 Å². The van der Waals surface area contributed by atoms with Gasteiger partial charge in [-0.3, -0.25) is 4.79 Å². The molecule has 1 amide bonds. The number of benzene rings is 1. The van der Waals surface area contributed by atoms with Crippen molar-refractivity contribution in [3.63, 3.8) is 0 Å². The Bertz CT molecular complexity index is 797. The first kappa shape index (κ1) is 21.4. The number of ether oxygens (including phenoxy) is 3. The van der Waals surface area contributed by atoms with Crippen LogP contribution in [0, 0.1) is 0 Å². The van der Waals surface area contributed by atoms with E-state index in [0.29, 0.717) is 25.4 Å². The molecule has 1 fully saturated rings. The summed E-state index contributed by atoms with van der Waals surface area (Å²) in [6, 6.07) is 9.77. The third-order valence-electron chi connectivity index (χ3n) is 4.75. The van der Waals surface area contributed by atoms with Crippen LogP contribution in [0.5, 0.6) is 11.5 Å². The van der Waals surface area contributed by atoms with Gasteiger partial charge in [-0.15, -0.1) is 11.3 Å². The summed E-state index contributed by atoms with van der Waals surface area (Å²) < 4.78 is 16.9. The molecule has 0 spiro atoms. The normalized spacial score (nSPS) is 16.3. The molecule has 0 bridgehead atoms. The van der Waals surface area contributed by atoms with Crippen LogP contribution in [-0.4, -0.2) is 43.8 Å². The number of hydrogen-bond donors (Lipinski definition) is 0. The zero-order valence-corrected chi connectivity index (χ0v) is 18.0. The molecule has 0 aliphatic carbocycles. The average Bonchev–Trinajstić information content (AvgIpc) is 3.44. The second kappa shape index (κ2) is 11.0. The van der Waals surface area contributed by atoms with E-state index in [1.54, 1.807) is 24.5 Å². The smallest absolute Gasteiger partial charge is 0.246 e. The van der Waals surface area contributed by atoms with E-state index < -0.39 is 0 Å². The van der Waals surface area contributed by atoms with Crippen LogP contribution in [0.15, 0.2) is 41.8 Å². The Morgan fingerprint density at radius 1 is 1.34 bits per heavy atom. The topological polar surface area (TPSA) is 48.0 Å². The molecule has 6 heteroatoms. The maximum atomic E-state index is 12.9. The van der Waals surface area contributed by atoms with Crippen molar-refractivity contribution in [3.05, 3.63) is 52.2 Å². The minimum Gasteiger partial charge on any atom is -0.493 e. The number of hydrogen-bond acceptors (Lipinski definition) is 5. The van der Waals surface area contributed by atoms with Gasteiger partial charge in [0.25, 0.3) is 0 Å². The Morgan fingerprint density at radius 2 is 2.24 bits per heavy atom. The van der Waals surface area contributed by atoms with Gasteiger partial charge in [0, 0.05) is 24.1 Å². The summed E-state index contributed by atoms with van der Waals surface area (Å²) in [5.41, 5.74) is 0.896. The highest BCUT2D eigenvalue weighted by Gasteiger charge is 2.22. The number of rotatable bonds is 10. The molecule has 156 valence electrons. The number of methoxy groups -OCH3 is 1. The first-order chi connectivity index (χ1) is 14.2. The highest BCUT2D eigenvalue weighted by molar-refractivity contribution is 7.09. The lowest BCUT2D eigenvalue weighted by Crippen LogP contribution is -2.35. The standard InChI is InChI=1S/C23H29NO4S/c1-3-12-28-21-10-8-18(15-22(21)26-2)9-11-23(25)24(16-19-6-4-13-27-19)17-20-7-5-14-29-20/h5,7-11,14-15,19H,3-4,6,12-13,16-17H2,1-2H3/b11-9+. The first-order valence-electron chi connectivity index (χ1n) is 10.1. The Balaban J connectivity index is 1.69. The molecule has 1 aromatic carbocycles. The largest absolute Gasteiger partial charge is 0.493 e. The maximum absolute atomic E-state index is 12.9. The molecule has 2 heterocycles. The minimum atomic E-state index is -0.0147. The molecule has 0 saturated carbocycles. The Hall–Kier alpha value is -2.31. The van der Waals surface area contributed by atoms with Crippen molar-refractivity contribution in [3.8, 4) is 11.5 Å². The van der Waals surface area contributed by atoms with Crippen LogP contribution < -0.4 is 9.47 Å². The van der Waals surface area contributed by atoms with Gasteiger partial charge in [-0.25, -0.2) is 0 Å². The average molecular weight is 416 g/mol. The van der Waals surface area contributed by atoms with Crippen LogP contribution in [-0.2, 0) is 16.1 Å². The number of carbonyl (C=O) groups excluding carboxylic acids is 1. The van der Waals surface area contributed by atoms with E-state index in [9.17, 15) is 4.79 Å². The predicted octanol–water partition coefficient (Wildman–Crippen LogP) is 4.77. The number of amides is 1. The van der Waals surface area contributed by atoms with Gasteiger partial charge in [-0.05, 0) is 54.5 Å². The van der Waals surface area contributed by atoms with Crippen molar-refractivity contribution in [2.45, 2.75) is 38.8 Å². The quantitative estimate of drug-likeness (QED) is 0.525. The minimum absolute atomic E-state index is 0.0147. The second-order valence-electron chi connectivity index (χ2n) is 7.03. The summed E-state index contributed by atoms with van der Waals surface area (Å²) in [5.74, 6) is 1.37. The van der Waals surface area contributed by atoms with Gasteiger partial charge in [0.15, 0.2) is 11.5 Å². The summed E-state index contributed by atoms with van der Waals surface area (Å²) >= 11 is 1.66. The number of thiophene rings is 1. The molecular weight excluding hydrogens is 386 g/mol. The van der Waals surface area contributed by atoms with E-state index in [2.05, 4.69) is 13.0 Å². The zero-order valence-electron chi connectivity index (χ0n) is 17.1. The molecule has 1 aliphatic heterocycles. The molecule has 1 aliphatic rings. The highest BCUT2D eigenvalue weighted by Crippen LogP contribution is 2.28. The molecule has 1 atom stereocenters. The van der Waals surface area contributed by atoms with E-state index in [0.717, 1.165) is 37.2 Å². The van der Waals surface area contributed by atoms with Crippen molar-refractivity contribution >= 4 is 23.3 Å². The number of nitrogens with zero attached hydrogens (tertiary/aromatic N) is 1. The van der Waals surface area contributed by atoms with Crippen LogP contribution in [0.3, 0.4) is 0 Å². The van der Waals surface area contributed by atoms with Crippen molar-refractivity contribution in [2.24, 2.45) is 0 Å². The molecule has 2 aromatic rings. The van der Waals surface area contributed by atoms with Crippen molar-refractivity contribution in [1.82, 2.24) is 4.90 Å². The highest BCUT2D eigenvalue weighted by atomic mass is 32.1. The van der Waals surface area contributed by atoms with E-state index in [-0.39, 0.29) is 12.0 Å². The summed E-state index contributed by atoms with van der Waals surface area (Å²) in [4.78, 5) is 16.0. The second-order valence-corrected chi connectivity index (χ2v) is 8.06. The van der Waals surface area contributed by atoms with Crippen LogP contribution in [0.1, 0.15) is 36.6 Å². The Kier molecular flexibility index (Phi) is 8.14. The summed E-state index contributed by atoms with van der Waals surface area (Å²) in [6.45, 7) is 4.72. The molecular formula is C23H29NO4S. The summed E-state index contributed by atoms with van der Waals surface area (Å²) in [5, 5.41) is 2.04. The zero-order chi connectivity index (χ0) is 20.5. The lowest BCUT2D eigenvalue weighted by atomic mass is 10.1. The third kappa shape index (κ3) is 6.34. The summed E-state index contributed by atoms with van der Waals surface area (Å²) in [6.07, 6.45) is 6.59. The fourth-order valence-corrected chi connectivity index (χ4v) is 3.97. The Labute approximate surface area is 176 Å². The Morgan fingerprint density at radius 3 is 2.93 bits per heavy atom. The van der Waals surface area contributed by atoms with E-state index in [4.69, 9.17) is 14.2 Å². The van der Waals surface area contributed by atoms with E-state index >= 15 is 0 Å². The van der Waals surface area contributed by atoms with E-state index in [1.165, 1.54) is 4.88 Å². The van der Waals surface area contributed by atoms with Gasteiger partial charge in [0.2, 0.25) is 5.91 Å². The van der Waals surface area contributed by atoms with Crippen LogP contribution in [0.25, 0.3) is 6.08 Å². The van der Waals surface area contributed by atoms with Gasteiger partial charge in [-0.2, -0.15) is 0 Å². The van der Waals surface area contributed by atoms with Crippen LogP contribution >= 0.6 is 11.3 Å². The van der Waals surface area contributed by atoms with Gasteiger partial charge >= 0.3 is 0 Å². The van der Waals surface area contributed by atoms with Gasteiger partial charge in [0.1, 0.15) is 0 Å². The molecule has 1 saturated heterocycles. The molecule has 5 nitrogen and oxygen atoms in total. The van der Waals surface area contributed by atoms with Crippen LogP contribution in [0.2, 0.25) is 0 Å².